The van der Waals surface area contributed by atoms with E-state index in [2.05, 4.69) is 76.4 Å². The van der Waals surface area contributed by atoms with Crippen LogP contribution in [0.1, 0.15) is 13.8 Å². The van der Waals surface area contributed by atoms with Gasteiger partial charge in [0.05, 0.1) is 32.1 Å². The van der Waals surface area contributed by atoms with E-state index in [9.17, 15) is 4.79 Å². The molecular formula is C29H34N4O3S2. The number of nitrogens with one attached hydrogen (secondary N) is 2. The van der Waals surface area contributed by atoms with Crippen molar-refractivity contribution < 1.29 is 9.47 Å². The third-order valence-electron chi connectivity index (χ3n) is 7.28. The van der Waals surface area contributed by atoms with E-state index in [1.807, 2.05) is 0 Å². The Hall–Kier alpha value is -2.43. The lowest BCUT2D eigenvalue weighted by Gasteiger charge is -2.35. The van der Waals surface area contributed by atoms with Crippen LogP contribution >= 0.6 is 23.5 Å². The van der Waals surface area contributed by atoms with Gasteiger partial charge in [-0.15, -0.1) is 0 Å². The number of benzene rings is 2. The summed E-state index contributed by atoms with van der Waals surface area (Å²) in [7, 11) is 0. The van der Waals surface area contributed by atoms with E-state index < -0.39 is 0 Å². The molecular weight excluding hydrogens is 516 g/mol. The molecule has 4 heterocycles. The molecule has 2 N–H and O–H groups in total. The molecule has 0 bridgehead atoms. The maximum absolute atomic E-state index is 12.6. The van der Waals surface area contributed by atoms with Gasteiger partial charge in [-0.1, -0.05) is 35.7 Å². The zero-order valence-electron chi connectivity index (χ0n) is 21.9. The minimum Gasteiger partial charge on any atom is -0.381 e. The number of fused-ring (bicyclic) bond motifs is 2. The minimum atomic E-state index is -0.0771. The van der Waals surface area contributed by atoms with Crippen molar-refractivity contribution in [3.05, 3.63) is 58.9 Å². The molecule has 2 atom stereocenters. The summed E-state index contributed by atoms with van der Waals surface area (Å²) in [5.74, 6) is 0. The zero-order valence-corrected chi connectivity index (χ0v) is 23.5. The van der Waals surface area contributed by atoms with Gasteiger partial charge in [0.2, 0.25) is 5.56 Å². The SMILES string of the molecule is CC(CN1CCOCC1C)Nc1ccc2c(c1)Sc1cccc(-c3cc(N4CCOCC4)cc(=O)[nH]3)c1S2. The molecule has 0 saturated carbocycles. The Morgan fingerprint density at radius 1 is 1.00 bits per heavy atom. The van der Waals surface area contributed by atoms with Crippen molar-refractivity contribution in [2.24, 2.45) is 0 Å². The van der Waals surface area contributed by atoms with Gasteiger partial charge in [-0.3, -0.25) is 9.69 Å². The number of rotatable bonds is 6. The van der Waals surface area contributed by atoms with Crippen molar-refractivity contribution in [3.8, 4) is 11.3 Å². The Morgan fingerprint density at radius 3 is 2.68 bits per heavy atom. The van der Waals surface area contributed by atoms with Crippen molar-refractivity contribution in [1.82, 2.24) is 9.88 Å². The zero-order chi connectivity index (χ0) is 26.1. The van der Waals surface area contributed by atoms with Crippen LogP contribution in [-0.4, -0.2) is 74.6 Å². The van der Waals surface area contributed by atoms with Gasteiger partial charge >= 0.3 is 0 Å². The van der Waals surface area contributed by atoms with Gasteiger partial charge in [0.25, 0.3) is 0 Å². The number of aromatic nitrogens is 1. The minimum absolute atomic E-state index is 0.0771. The highest BCUT2D eigenvalue weighted by molar-refractivity contribution is 8.05. The molecule has 1 aromatic heterocycles. The smallest absolute Gasteiger partial charge is 0.250 e. The topological polar surface area (TPSA) is 69.8 Å². The molecule has 0 aliphatic carbocycles. The molecule has 38 heavy (non-hydrogen) atoms. The lowest BCUT2D eigenvalue weighted by atomic mass is 10.1. The van der Waals surface area contributed by atoms with Crippen molar-refractivity contribution >= 4 is 34.9 Å². The molecule has 2 saturated heterocycles. The summed E-state index contributed by atoms with van der Waals surface area (Å²) < 4.78 is 11.1. The average molecular weight is 551 g/mol. The summed E-state index contributed by atoms with van der Waals surface area (Å²) in [6.45, 7) is 11.1. The molecule has 0 radical (unpaired) electrons. The van der Waals surface area contributed by atoms with Gasteiger partial charge in [-0.25, -0.2) is 0 Å². The van der Waals surface area contributed by atoms with E-state index in [1.165, 1.54) is 19.6 Å². The van der Waals surface area contributed by atoms with Crippen LogP contribution in [0.25, 0.3) is 11.3 Å². The number of morpholine rings is 2. The van der Waals surface area contributed by atoms with Gasteiger partial charge in [0.15, 0.2) is 0 Å². The number of H-pyrrole nitrogens is 1. The van der Waals surface area contributed by atoms with E-state index in [1.54, 1.807) is 29.6 Å². The molecule has 2 fully saturated rings. The lowest BCUT2D eigenvalue weighted by molar-refractivity contribution is -0.00127. The third kappa shape index (κ3) is 5.62. The molecule has 200 valence electrons. The normalized spacial score (nSPS) is 20.5. The third-order valence-corrected chi connectivity index (χ3v) is 9.87. The number of nitrogens with zero attached hydrogens (tertiary/aromatic N) is 2. The van der Waals surface area contributed by atoms with Crippen LogP contribution in [0.5, 0.6) is 0 Å². The number of hydrogen-bond acceptors (Lipinski definition) is 8. The summed E-state index contributed by atoms with van der Waals surface area (Å²) >= 11 is 3.58. The molecule has 7 nitrogen and oxygen atoms in total. The maximum atomic E-state index is 12.6. The first kappa shape index (κ1) is 25.8. The fourth-order valence-corrected chi connectivity index (χ4v) is 7.71. The highest BCUT2D eigenvalue weighted by atomic mass is 32.2. The first-order chi connectivity index (χ1) is 18.5. The second kappa shape index (κ2) is 11.4. The van der Waals surface area contributed by atoms with E-state index >= 15 is 0 Å². The van der Waals surface area contributed by atoms with Crippen LogP contribution in [0, 0.1) is 0 Å². The predicted octanol–water partition coefficient (Wildman–Crippen LogP) is 5.02. The summed E-state index contributed by atoms with van der Waals surface area (Å²) in [6.07, 6.45) is 0. The molecule has 0 amide bonds. The number of anilines is 2. The second-order valence-electron chi connectivity index (χ2n) is 10.2. The first-order valence-corrected chi connectivity index (χ1v) is 15.0. The van der Waals surface area contributed by atoms with Crippen LogP contribution in [0.4, 0.5) is 11.4 Å². The highest BCUT2D eigenvalue weighted by Crippen LogP contribution is 2.52. The average Bonchev–Trinajstić information content (AvgIpc) is 2.93. The van der Waals surface area contributed by atoms with Gasteiger partial charge < -0.3 is 24.7 Å². The molecule has 2 unspecified atom stereocenters. The molecule has 6 rings (SSSR count). The van der Waals surface area contributed by atoms with Gasteiger partial charge in [0.1, 0.15) is 0 Å². The van der Waals surface area contributed by atoms with Crippen LogP contribution in [0.3, 0.4) is 0 Å². The van der Waals surface area contributed by atoms with Crippen LogP contribution in [0.15, 0.2) is 72.9 Å². The fourth-order valence-electron chi connectivity index (χ4n) is 5.30. The highest BCUT2D eigenvalue weighted by Gasteiger charge is 2.24. The monoisotopic (exact) mass is 550 g/mol. The molecule has 0 spiro atoms. The second-order valence-corrected chi connectivity index (χ2v) is 12.3. The molecule has 3 aliphatic rings. The Kier molecular flexibility index (Phi) is 7.72. The fraction of sp³-hybridized carbons (Fsp3) is 0.414. The Morgan fingerprint density at radius 2 is 1.84 bits per heavy atom. The summed E-state index contributed by atoms with van der Waals surface area (Å²) in [5, 5.41) is 3.71. The number of hydrogen-bond donors (Lipinski definition) is 2. The van der Waals surface area contributed by atoms with E-state index in [-0.39, 0.29) is 5.56 Å². The summed E-state index contributed by atoms with van der Waals surface area (Å²) in [5.41, 5.74) is 3.94. The van der Waals surface area contributed by atoms with E-state index in [0.717, 1.165) is 62.0 Å². The largest absolute Gasteiger partial charge is 0.381 e. The molecule has 3 aromatic rings. The number of ether oxygens (including phenoxy) is 2. The summed E-state index contributed by atoms with van der Waals surface area (Å²) in [6, 6.07) is 17.6. The Bertz CT molecular complexity index is 1360. The molecule has 9 heteroatoms. The van der Waals surface area contributed by atoms with Crippen molar-refractivity contribution in [1.29, 1.82) is 0 Å². The lowest BCUT2D eigenvalue weighted by Crippen LogP contribution is -2.47. The quantitative estimate of drug-likeness (QED) is 0.347. The Balaban J connectivity index is 1.21. The number of aromatic amines is 1. The van der Waals surface area contributed by atoms with E-state index in [4.69, 9.17) is 9.47 Å². The van der Waals surface area contributed by atoms with Crippen LogP contribution in [-0.2, 0) is 9.47 Å². The van der Waals surface area contributed by atoms with Crippen LogP contribution in [0.2, 0.25) is 0 Å². The van der Waals surface area contributed by atoms with Crippen LogP contribution < -0.4 is 15.8 Å². The van der Waals surface area contributed by atoms with Crippen molar-refractivity contribution in [3.63, 3.8) is 0 Å². The van der Waals surface area contributed by atoms with Crippen molar-refractivity contribution in [2.45, 2.75) is 45.5 Å². The van der Waals surface area contributed by atoms with E-state index in [0.29, 0.717) is 25.3 Å². The van der Waals surface area contributed by atoms with Gasteiger partial charge in [-0.2, -0.15) is 0 Å². The van der Waals surface area contributed by atoms with Gasteiger partial charge in [0, 0.05) is 80.8 Å². The number of pyridine rings is 1. The maximum Gasteiger partial charge on any atom is 0.250 e. The van der Waals surface area contributed by atoms with Crippen molar-refractivity contribution in [2.75, 3.05) is 62.8 Å². The standard InChI is InChI=1S/C29H34N4O3S2/c1-19(17-33-10-13-36-18-20(33)2)30-21-6-7-25-27(14-21)37-26-5-3-4-23(29(26)38-25)24-15-22(16-28(34)31-24)32-8-11-35-12-9-32/h3-7,14-16,19-20,30H,8-13,17-18H2,1-2H3,(H,31,34). The predicted molar refractivity (Wildman–Crippen MR) is 155 cm³/mol. The molecule has 2 aromatic carbocycles. The molecule has 3 aliphatic heterocycles. The first-order valence-electron chi connectivity index (χ1n) is 13.3. The van der Waals surface area contributed by atoms with Gasteiger partial charge in [-0.05, 0) is 44.2 Å². The Labute approximate surface area is 232 Å². The summed E-state index contributed by atoms with van der Waals surface area (Å²) in [4.78, 5) is 25.3.